The van der Waals surface area contributed by atoms with Gasteiger partial charge in [0.1, 0.15) is 27.3 Å². The van der Waals surface area contributed by atoms with E-state index in [0.29, 0.717) is 45.9 Å². The highest BCUT2D eigenvalue weighted by atomic mass is 32.2. The summed E-state index contributed by atoms with van der Waals surface area (Å²) in [7, 11) is 3.27. The molecule has 0 bridgehead atoms. The molecule has 1 amide bonds. The Morgan fingerprint density at radius 1 is 0.881 bits per heavy atom. The molecule has 2 aliphatic rings. The van der Waals surface area contributed by atoms with Gasteiger partial charge in [-0.3, -0.25) is 18.9 Å². The van der Waals surface area contributed by atoms with Crippen LogP contribution in [0.2, 0.25) is 0 Å². The van der Waals surface area contributed by atoms with Crippen LogP contribution in [0.25, 0.3) is 11.7 Å². The zero-order valence-electron chi connectivity index (χ0n) is 23.2. The normalized spacial score (nSPS) is 16.5. The van der Waals surface area contributed by atoms with Crippen LogP contribution >= 0.6 is 24.0 Å². The molecule has 0 aliphatic carbocycles. The minimum atomic E-state index is -0.228. The first-order valence-electron chi connectivity index (χ1n) is 13.5. The lowest BCUT2D eigenvalue weighted by Crippen LogP contribution is -2.47. The van der Waals surface area contributed by atoms with Gasteiger partial charge >= 0.3 is 0 Å². The highest BCUT2D eigenvalue weighted by Crippen LogP contribution is 2.35. The molecule has 0 atom stereocenters. The second-order valence-corrected chi connectivity index (χ2v) is 11.5. The van der Waals surface area contributed by atoms with Gasteiger partial charge in [-0.15, -0.1) is 0 Å². The molecule has 4 aromatic rings. The molecule has 11 heteroatoms. The van der Waals surface area contributed by atoms with E-state index in [4.69, 9.17) is 26.7 Å². The van der Waals surface area contributed by atoms with Crippen LogP contribution in [-0.2, 0) is 11.3 Å². The van der Waals surface area contributed by atoms with E-state index in [1.165, 1.54) is 16.2 Å². The molecule has 2 fully saturated rings. The van der Waals surface area contributed by atoms with Crippen LogP contribution in [0.3, 0.4) is 0 Å². The van der Waals surface area contributed by atoms with Crippen LogP contribution in [0.4, 0.5) is 11.5 Å². The van der Waals surface area contributed by atoms with Gasteiger partial charge in [-0.2, -0.15) is 0 Å². The number of fused-ring (bicyclic) bond motifs is 1. The summed E-state index contributed by atoms with van der Waals surface area (Å²) in [5, 5.41) is 0. The molecule has 4 heterocycles. The summed E-state index contributed by atoms with van der Waals surface area (Å²) in [4.78, 5) is 38.6. The maximum atomic E-state index is 13.8. The van der Waals surface area contributed by atoms with Crippen molar-refractivity contribution in [1.29, 1.82) is 0 Å². The first-order chi connectivity index (χ1) is 20.4. The summed E-state index contributed by atoms with van der Waals surface area (Å²) in [5.41, 5.74) is 2.74. The van der Waals surface area contributed by atoms with E-state index in [-0.39, 0.29) is 11.5 Å². The van der Waals surface area contributed by atoms with E-state index in [1.54, 1.807) is 37.5 Å². The van der Waals surface area contributed by atoms with Gasteiger partial charge < -0.3 is 19.3 Å². The molecule has 2 aromatic heterocycles. The van der Waals surface area contributed by atoms with Crippen molar-refractivity contribution in [3.05, 3.63) is 99.3 Å². The monoisotopic (exact) mass is 599 g/mol. The van der Waals surface area contributed by atoms with Crippen LogP contribution < -0.4 is 24.8 Å². The van der Waals surface area contributed by atoms with Crippen LogP contribution in [0.15, 0.2) is 82.6 Å². The lowest BCUT2D eigenvalue weighted by molar-refractivity contribution is -0.122. The average Bonchev–Trinajstić information content (AvgIpc) is 3.30. The fourth-order valence-corrected chi connectivity index (χ4v) is 6.35. The largest absolute Gasteiger partial charge is 0.497 e. The van der Waals surface area contributed by atoms with E-state index < -0.39 is 0 Å². The zero-order chi connectivity index (χ0) is 29.2. The van der Waals surface area contributed by atoms with Gasteiger partial charge in [-0.1, -0.05) is 42.2 Å². The number of aromatic nitrogens is 2. The second kappa shape index (κ2) is 11.9. The van der Waals surface area contributed by atoms with Crippen molar-refractivity contribution in [1.82, 2.24) is 14.3 Å². The van der Waals surface area contributed by atoms with Gasteiger partial charge in [-0.25, -0.2) is 4.98 Å². The van der Waals surface area contributed by atoms with Crippen LogP contribution in [0.1, 0.15) is 11.1 Å². The van der Waals surface area contributed by atoms with Crippen molar-refractivity contribution in [2.75, 3.05) is 50.2 Å². The Morgan fingerprint density at radius 2 is 1.52 bits per heavy atom. The minimum Gasteiger partial charge on any atom is -0.497 e. The Hall–Kier alpha value is -4.35. The average molecular weight is 600 g/mol. The van der Waals surface area contributed by atoms with Gasteiger partial charge in [0.05, 0.1) is 31.2 Å². The highest BCUT2D eigenvalue weighted by molar-refractivity contribution is 8.26. The number of carbonyl (C=O) groups excluding carboxylic acids is 1. The molecule has 42 heavy (non-hydrogen) atoms. The fraction of sp³-hybridized carbons (Fsp3) is 0.226. The number of piperazine rings is 1. The standard InChI is InChI=1S/C31H29N5O4S2/c1-39-23-10-6-21(7-11-23)20-36-30(38)26(42-31(36)41)19-25-28(32-27-5-3-4-14-35(27)29(25)37)34-17-15-33(16-18-34)22-8-12-24(40-2)13-9-22/h3-14,19H,15-18,20H2,1-2H3. The van der Waals surface area contributed by atoms with Gasteiger partial charge in [-0.05, 0) is 60.2 Å². The minimum absolute atomic E-state index is 0.228. The Morgan fingerprint density at radius 3 is 2.19 bits per heavy atom. The van der Waals surface area contributed by atoms with Crippen LogP contribution in [-0.4, -0.2) is 64.9 Å². The molecule has 2 aromatic carbocycles. The Labute approximate surface area is 253 Å². The number of benzene rings is 2. The number of methoxy groups -OCH3 is 2. The molecule has 0 radical (unpaired) electrons. The Bertz CT molecular complexity index is 1730. The quantitative estimate of drug-likeness (QED) is 0.226. The summed E-state index contributed by atoms with van der Waals surface area (Å²) < 4.78 is 12.5. The number of thioether (sulfide) groups is 1. The lowest BCUT2D eigenvalue weighted by atomic mass is 10.2. The maximum Gasteiger partial charge on any atom is 0.267 e. The predicted molar refractivity (Wildman–Crippen MR) is 171 cm³/mol. The smallest absolute Gasteiger partial charge is 0.267 e. The number of rotatable bonds is 7. The third kappa shape index (κ3) is 5.45. The maximum absolute atomic E-state index is 13.8. The van der Waals surface area contributed by atoms with E-state index in [9.17, 15) is 9.59 Å². The second-order valence-electron chi connectivity index (χ2n) is 9.87. The molecule has 0 spiro atoms. The first kappa shape index (κ1) is 27.8. The van der Waals surface area contributed by atoms with Gasteiger partial charge in [0, 0.05) is 38.1 Å². The van der Waals surface area contributed by atoms with Crippen LogP contribution in [0, 0.1) is 0 Å². The molecule has 2 saturated heterocycles. The number of carbonyl (C=O) groups is 1. The molecule has 6 rings (SSSR count). The molecule has 0 saturated carbocycles. The van der Waals surface area contributed by atoms with E-state index in [2.05, 4.69) is 21.9 Å². The number of nitrogens with zero attached hydrogens (tertiary/aromatic N) is 5. The first-order valence-corrected chi connectivity index (χ1v) is 14.7. The summed E-state index contributed by atoms with van der Waals surface area (Å²) in [6.07, 6.45) is 3.36. The number of ether oxygens (including phenoxy) is 2. The Balaban J connectivity index is 1.29. The van der Waals surface area contributed by atoms with E-state index in [0.717, 1.165) is 35.8 Å². The third-order valence-electron chi connectivity index (χ3n) is 7.41. The van der Waals surface area contributed by atoms with Gasteiger partial charge in [0.15, 0.2) is 0 Å². The van der Waals surface area contributed by atoms with E-state index >= 15 is 0 Å². The lowest BCUT2D eigenvalue weighted by Gasteiger charge is -2.37. The fourth-order valence-electron chi connectivity index (χ4n) is 5.11. The van der Waals surface area contributed by atoms with Crippen LogP contribution in [0.5, 0.6) is 11.5 Å². The number of hydrogen-bond donors (Lipinski definition) is 0. The molecule has 2 aliphatic heterocycles. The van der Waals surface area contributed by atoms with Crippen molar-refractivity contribution in [2.24, 2.45) is 0 Å². The topological polar surface area (TPSA) is 79.6 Å². The Kier molecular flexibility index (Phi) is 7.86. The van der Waals surface area contributed by atoms with Crippen molar-refractivity contribution < 1.29 is 14.3 Å². The van der Waals surface area contributed by atoms with E-state index in [1.807, 2.05) is 48.5 Å². The molecular weight excluding hydrogens is 571 g/mol. The van der Waals surface area contributed by atoms with Crippen molar-refractivity contribution in [3.63, 3.8) is 0 Å². The van der Waals surface area contributed by atoms with Crippen molar-refractivity contribution in [2.45, 2.75) is 6.54 Å². The van der Waals surface area contributed by atoms with Crippen molar-refractivity contribution in [3.8, 4) is 11.5 Å². The van der Waals surface area contributed by atoms with Gasteiger partial charge in [0.2, 0.25) is 0 Å². The molecule has 214 valence electrons. The van der Waals surface area contributed by atoms with Crippen molar-refractivity contribution >= 4 is 57.4 Å². The highest BCUT2D eigenvalue weighted by Gasteiger charge is 2.33. The summed E-state index contributed by atoms with van der Waals surface area (Å²) in [6.45, 7) is 3.18. The zero-order valence-corrected chi connectivity index (χ0v) is 24.9. The number of amides is 1. The summed E-state index contributed by atoms with van der Waals surface area (Å²) in [5.74, 6) is 1.90. The third-order valence-corrected chi connectivity index (χ3v) is 8.79. The van der Waals surface area contributed by atoms with Gasteiger partial charge in [0.25, 0.3) is 11.5 Å². The summed E-state index contributed by atoms with van der Waals surface area (Å²) >= 11 is 6.79. The SMILES string of the molecule is COc1ccc(CN2C(=O)C(=Cc3c(N4CCN(c5ccc(OC)cc5)CC4)nc4ccccn4c3=O)SC2=S)cc1. The molecule has 9 nitrogen and oxygen atoms in total. The molecule has 0 unspecified atom stereocenters. The molecule has 0 N–H and O–H groups in total. The number of pyridine rings is 1. The molecular formula is C31H29N5O4S2. The summed E-state index contributed by atoms with van der Waals surface area (Å²) in [6, 6.07) is 21.0. The predicted octanol–water partition coefficient (Wildman–Crippen LogP) is 4.44. The number of anilines is 2. The number of thiocarbonyl (C=S) groups is 1. The number of hydrogen-bond acceptors (Lipinski definition) is 9.